The van der Waals surface area contributed by atoms with Gasteiger partial charge in [0.25, 0.3) is 0 Å². The van der Waals surface area contributed by atoms with Crippen LogP contribution in [0.15, 0.2) is 45.9 Å². The molecule has 0 saturated carbocycles. The number of nitrogens with one attached hydrogen (secondary N) is 1. The number of anilines is 1. The lowest BCUT2D eigenvalue weighted by molar-refractivity contribution is -0.129. The van der Waals surface area contributed by atoms with Crippen LogP contribution in [0.1, 0.15) is 0 Å². The lowest BCUT2D eigenvalue weighted by Gasteiger charge is -2.15. The number of fused-ring (bicyclic) bond motifs is 1. The maximum atomic E-state index is 10.5. The van der Waals surface area contributed by atoms with Gasteiger partial charge in [0.05, 0.1) is 5.52 Å². The van der Waals surface area contributed by atoms with Gasteiger partial charge < -0.3 is 15.7 Å². The van der Waals surface area contributed by atoms with E-state index in [-0.39, 0.29) is 0 Å². The zero-order valence-electron chi connectivity index (χ0n) is 12.1. The molecule has 2 rings (SSSR count). The topological polar surface area (TPSA) is 129 Å². The van der Waals surface area contributed by atoms with Crippen LogP contribution in [0.3, 0.4) is 0 Å². The maximum absolute atomic E-state index is 10.5. The highest BCUT2D eigenvalue weighted by Crippen LogP contribution is 2.31. The Morgan fingerprint density at radius 3 is 2.82 bits per heavy atom. The van der Waals surface area contributed by atoms with Gasteiger partial charge in [-0.05, 0) is 24.3 Å². The molecule has 0 fully saturated rings. The Morgan fingerprint density at radius 1 is 1.36 bits per heavy atom. The summed E-state index contributed by atoms with van der Waals surface area (Å²) in [4.78, 5) is 16.7. The summed E-state index contributed by atoms with van der Waals surface area (Å²) >= 11 is 0. The second-order valence-corrected chi connectivity index (χ2v) is 4.50. The standard InChI is InChI=1S/C13H15N7O2/c1-20(2)10-6-5-9(11-8(10)4-3-7-15-11)16-18-19-17-12(14)13(21)22/h3-7H,1-2H3,(H,16,19)(H,21,22)(H2,14,17,18). The van der Waals surface area contributed by atoms with Crippen molar-refractivity contribution in [2.45, 2.75) is 0 Å². The van der Waals surface area contributed by atoms with Crippen LogP contribution >= 0.6 is 0 Å². The summed E-state index contributed by atoms with van der Waals surface area (Å²) in [5, 5.41) is 20.3. The molecule has 0 aliphatic heterocycles. The summed E-state index contributed by atoms with van der Waals surface area (Å²) in [6.45, 7) is 0. The van der Waals surface area contributed by atoms with Gasteiger partial charge in [-0.25, -0.2) is 4.79 Å². The van der Waals surface area contributed by atoms with E-state index in [0.29, 0.717) is 11.2 Å². The number of hydrogen-bond acceptors (Lipinski definition) is 6. The number of carboxylic acids is 1. The highest BCUT2D eigenvalue weighted by Gasteiger charge is 2.08. The Kier molecular flexibility index (Phi) is 4.47. The molecule has 0 spiro atoms. The van der Waals surface area contributed by atoms with E-state index >= 15 is 0 Å². The highest BCUT2D eigenvalue weighted by atomic mass is 16.4. The van der Waals surface area contributed by atoms with Crippen LogP contribution in [0.5, 0.6) is 0 Å². The molecule has 1 aromatic carbocycles. The normalized spacial score (nSPS) is 11.8. The number of pyridine rings is 1. The van der Waals surface area contributed by atoms with Crippen molar-refractivity contribution in [3.8, 4) is 0 Å². The number of hydrazone groups is 1. The predicted molar refractivity (Wildman–Crippen MR) is 83.0 cm³/mol. The van der Waals surface area contributed by atoms with Crippen molar-refractivity contribution in [2.24, 2.45) is 21.2 Å². The third kappa shape index (κ3) is 3.26. The molecule has 0 bridgehead atoms. The van der Waals surface area contributed by atoms with Gasteiger partial charge in [0.1, 0.15) is 5.69 Å². The van der Waals surface area contributed by atoms with E-state index in [1.165, 1.54) is 0 Å². The van der Waals surface area contributed by atoms with Gasteiger partial charge >= 0.3 is 5.97 Å². The molecule has 0 aliphatic carbocycles. The largest absolute Gasteiger partial charge is 0.475 e. The fraction of sp³-hybridized carbons (Fsp3) is 0.154. The fourth-order valence-corrected chi connectivity index (χ4v) is 1.81. The third-order valence-electron chi connectivity index (χ3n) is 2.80. The Balaban J connectivity index is 2.31. The molecule has 9 nitrogen and oxygen atoms in total. The summed E-state index contributed by atoms with van der Waals surface area (Å²) in [6, 6.07) is 7.43. The molecular weight excluding hydrogens is 286 g/mol. The van der Waals surface area contributed by atoms with E-state index in [4.69, 9.17) is 10.8 Å². The first-order valence-electron chi connectivity index (χ1n) is 6.28. The number of carboxylic acid groups (broad SMARTS) is 1. The maximum Gasteiger partial charge on any atom is 0.373 e. The number of amidine groups is 1. The van der Waals surface area contributed by atoms with Crippen LogP contribution in [0.25, 0.3) is 10.9 Å². The minimum atomic E-state index is -1.34. The Morgan fingerprint density at radius 2 is 2.14 bits per heavy atom. The molecule has 0 amide bonds. The van der Waals surface area contributed by atoms with Crippen LogP contribution in [0.4, 0.5) is 11.4 Å². The average Bonchev–Trinajstić information content (AvgIpc) is 2.50. The number of aromatic nitrogens is 1. The summed E-state index contributed by atoms with van der Waals surface area (Å²) in [5.74, 6) is -1.95. The highest BCUT2D eigenvalue weighted by molar-refractivity contribution is 6.33. The van der Waals surface area contributed by atoms with E-state index in [1.807, 2.05) is 37.2 Å². The van der Waals surface area contributed by atoms with Crippen molar-refractivity contribution in [2.75, 3.05) is 19.0 Å². The van der Waals surface area contributed by atoms with Gasteiger partial charge in [-0.15, -0.1) is 10.2 Å². The summed E-state index contributed by atoms with van der Waals surface area (Å²) in [5.41, 5.74) is 9.43. The van der Waals surface area contributed by atoms with Gasteiger partial charge in [-0.1, -0.05) is 5.22 Å². The zero-order chi connectivity index (χ0) is 16.1. The average molecular weight is 301 g/mol. The van der Waals surface area contributed by atoms with Gasteiger partial charge in [0.15, 0.2) is 0 Å². The third-order valence-corrected chi connectivity index (χ3v) is 2.80. The van der Waals surface area contributed by atoms with Crippen LogP contribution < -0.4 is 16.2 Å². The molecule has 1 aromatic heterocycles. The Labute approximate surface area is 126 Å². The molecule has 4 N–H and O–H groups in total. The van der Waals surface area contributed by atoms with Crippen molar-refractivity contribution in [3.05, 3.63) is 30.5 Å². The summed E-state index contributed by atoms with van der Waals surface area (Å²) in [6.07, 6.45) is 1.66. The second-order valence-electron chi connectivity index (χ2n) is 4.50. The summed E-state index contributed by atoms with van der Waals surface area (Å²) < 4.78 is 0. The fourth-order valence-electron chi connectivity index (χ4n) is 1.81. The molecule has 0 atom stereocenters. The number of nitrogens with zero attached hydrogens (tertiary/aromatic N) is 5. The number of carbonyl (C=O) groups is 1. The number of benzene rings is 1. The quantitative estimate of drug-likeness (QED) is 0.337. The van der Waals surface area contributed by atoms with Gasteiger partial charge in [0.2, 0.25) is 5.84 Å². The van der Waals surface area contributed by atoms with Crippen molar-refractivity contribution in [1.29, 1.82) is 0 Å². The van der Waals surface area contributed by atoms with Crippen molar-refractivity contribution in [3.63, 3.8) is 0 Å². The van der Waals surface area contributed by atoms with Crippen molar-refractivity contribution in [1.82, 2.24) is 10.5 Å². The molecule has 0 aliphatic rings. The Bertz CT molecular complexity index is 755. The number of aliphatic carboxylic acids is 1. The molecule has 2 aromatic rings. The Hall–Kier alpha value is -3.23. The monoisotopic (exact) mass is 301 g/mol. The molecule has 22 heavy (non-hydrogen) atoms. The molecule has 0 saturated heterocycles. The van der Waals surface area contributed by atoms with E-state index in [1.54, 1.807) is 12.3 Å². The number of rotatable bonds is 4. The van der Waals surface area contributed by atoms with Crippen molar-refractivity contribution >= 4 is 34.1 Å². The van der Waals surface area contributed by atoms with Gasteiger partial charge in [-0.2, -0.15) is 5.53 Å². The molecule has 0 unspecified atom stereocenters. The van der Waals surface area contributed by atoms with Crippen molar-refractivity contribution < 1.29 is 9.90 Å². The number of hydrogen-bond donors (Lipinski definition) is 3. The van der Waals surface area contributed by atoms with Crippen LogP contribution in [-0.2, 0) is 4.79 Å². The van der Waals surface area contributed by atoms with Crippen LogP contribution in [0.2, 0.25) is 0 Å². The lowest BCUT2D eigenvalue weighted by Crippen LogP contribution is -2.25. The molecular formula is C13H15N7O2. The van der Waals surface area contributed by atoms with Gasteiger partial charge in [0, 0.05) is 31.4 Å². The minimum absolute atomic E-state index is 0.526. The zero-order valence-corrected chi connectivity index (χ0v) is 12.1. The molecule has 0 radical (unpaired) electrons. The SMILES string of the molecule is CN(C)c1ccc(N=NN/N=C(\N)C(=O)O)c2ncccc12. The summed E-state index contributed by atoms with van der Waals surface area (Å²) in [7, 11) is 3.88. The lowest BCUT2D eigenvalue weighted by atomic mass is 10.1. The first kappa shape index (κ1) is 15.2. The number of nitrogens with two attached hydrogens (primary N) is 1. The van der Waals surface area contributed by atoms with E-state index in [2.05, 4.69) is 26.0 Å². The first-order chi connectivity index (χ1) is 10.5. The molecule has 114 valence electrons. The first-order valence-corrected chi connectivity index (χ1v) is 6.28. The van der Waals surface area contributed by atoms with Crippen LogP contribution in [0, 0.1) is 0 Å². The van der Waals surface area contributed by atoms with E-state index in [0.717, 1.165) is 11.1 Å². The van der Waals surface area contributed by atoms with Gasteiger partial charge in [-0.3, -0.25) is 4.98 Å². The second kappa shape index (κ2) is 6.48. The minimum Gasteiger partial charge on any atom is -0.475 e. The predicted octanol–water partition coefficient (Wildman–Crippen LogP) is 1.25. The molecule has 9 heteroatoms. The molecule has 1 heterocycles. The van der Waals surface area contributed by atoms with Crippen LogP contribution in [-0.4, -0.2) is 36.0 Å². The van der Waals surface area contributed by atoms with E-state index < -0.39 is 11.8 Å². The smallest absolute Gasteiger partial charge is 0.373 e. The van der Waals surface area contributed by atoms with E-state index in [9.17, 15) is 4.79 Å².